The first-order chi connectivity index (χ1) is 7.28. The number of rotatable bonds is 3. The van der Waals surface area contributed by atoms with Crippen LogP contribution in [0, 0.1) is 5.92 Å². The van der Waals surface area contributed by atoms with Crippen molar-refractivity contribution in [2.24, 2.45) is 5.92 Å². The van der Waals surface area contributed by atoms with Gasteiger partial charge in [-0.05, 0) is 36.1 Å². The van der Waals surface area contributed by atoms with Gasteiger partial charge in [0.15, 0.2) is 0 Å². The Balaban J connectivity index is 2.98. The molecule has 0 aliphatic heterocycles. The molecule has 1 aromatic carbocycles. The van der Waals surface area contributed by atoms with Crippen molar-refractivity contribution in [2.75, 3.05) is 5.73 Å². The molecule has 1 nitrogen and oxygen atoms in total. The standard InChI is InChI=1S/C14H23NS/c1-10(2)8-11-9-12(15)6-7-13(11)16-14(3,4)5/h6-7,9-10H,8,15H2,1-5H3. The lowest BCUT2D eigenvalue weighted by atomic mass is 10.0. The van der Waals surface area contributed by atoms with Gasteiger partial charge in [0.2, 0.25) is 0 Å². The highest BCUT2D eigenvalue weighted by Crippen LogP contribution is 2.35. The molecule has 2 heteroatoms. The highest BCUT2D eigenvalue weighted by atomic mass is 32.2. The summed E-state index contributed by atoms with van der Waals surface area (Å²) in [5.74, 6) is 0.668. The molecule has 0 amide bonds. The quantitative estimate of drug-likeness (QED) is 0.624. The Bertz CT molecular complexity index is 350. The predicted molar refractivity (Wildman–Crippen MR) is 75.0 cm³/mol. The van der Waals surface area contributed by atoms with Crippen LogP contribution in [0.15, 0.2) is 23.1 Å². The molecule has 1 aromatic rings. The van der Waals surface area contributed by atoms with E-state index in [9.17, 15) is 0 Å². The Kier molecular flexibility index (Phi) is 4.31. The highest BCUT2D eigenvalue weighted by Gasteiger charge is 2.15. The molecule has 0 aliphatic rings. The van der Waals surface area contributed by atoms with Crippen LogP contribution in [0.25, 0.3) is 0 Å². The molecule has 0 fully saturated rings. The summed E-state index contributed by atoms with van der Waals surface area (Å²) in [6.07, 6.45) is 1.10. The highest BCUT2D eigenvalue weighted by molar-refractivity contribution is 8.00. The van der Waals surface area contributed by atoms with E-state index in [4.69, 9.17) is 5.73 Å². The molecule has 1 rings (SSSR count). The average Bonchev–Trinajstić information content (AvgIpc) is 2.06. The molecular weight excluding hydrogens is 214 g/mol. The van der Waals surface area contributed by atoms with Gasteiger partial charge in [-0.15, -0.1) is 11.8 Å². The predicted octanol–water partition coefficient (Wildman–Crippen LogP) is 4.36. The van der Waals surface area contributed by atoms with Gasteiger partial charge in [-0.25, -0.2) is 0 Å². The van der Waals surface area contributed by atoms with Crippen LogP contribution in [0.4, 0.5) is 5.69 Å². The minimum atomic E-state index is 0.252. The van der Waals surface area contributed by atoms with Crippen LogP contribution in [0.5, 0.6) is 0 Å². The Morgan fingerprint density at radius 2 is 1.88 bits per heavy atom. The second-order valence-electron chi connectivity index (χ2n) is 5.68. The van der Waals surface area contributed by atoms with Crippen LogP contribution < -0.4 is 5.73 Å². The first kappa shape index (κ1) is 13.4. The molecule has 16 heavy (non-hydrogen) atoms. The summed E-state index contributed by atoms with van der Waals surface area (Å²) in [5.41, 5.74) is 8.11. The van der Waals surface area contributed by atoms with E-state index in [-0.39, 0.29) is 4.75 Å². The molecule has 0 radical (unpaired) electrons. The van der Waals surface area contributed by atoms with E-state index in [2.05, 4.69) is 46.8 Å². The molecule has 0 aromatic heterocycles. The largest absolute Gasteiger partial charge is 0.399 e. The minimum absolute atomic E-state index is 0.252. The van der Waals surface area contributed by atoms with E-state index in [1.807, 2.05) is 17.8 Å². The van der Waals surface area contributed by atoms with Gasteiger partial charge in [0.05, 0.1) is 0 Å². The summed E-state index contributed by atoms with van der Waals surface area (Å²) in [7, 11) is 0. The summed E-state index contributed by atoms with van der Waals surface area (Å²) in [6.45, 7) is 11.2. The monoisotopic (exact) mass is 237 g/mol. The Hall–Kier alpha value is -0.630. The third kappa shape index (κ3) is 4.48. The third-order valence-corrected chi connectivity index (χ3v) is 3.36. The zero-order valence-corrected chi connectivity index (χ0v) is 11.8. The first-order valence-electron chi connectivity index (χ1n) is 5.85. The summed E-state index contributed by atoms with van der Waals surface area (Å²) >= 11 is 1.92. The lowest BCUT2D eigenvalue weighted by molar-refractivity contribution is 0.640. The molecule has 0 aliphatic carbocycles. The van der Waals surface area contributed by atoms with Crippen LogP contribution >= 0.6 is 11.8 Å². The van der Waals surface area contributed by atoms with Crippen molar-refractivity contribution < 1.29 is 0 Å². The Labute approximate surface area is 104 Å². The molecule has 0 atom stereocenters. The number of nitrogen functional groups attached to an aromatic ring is 1. The SMILES string of the molecule is CC(C)Cc1cc(N)ccc1SC(C)(C)C. The topological polar surface area (TPSA) is 26.0 Å². The van der Waals surface area contributed by atoms with E-state index < -0.39 is 0 Å². The van der Waals surface area contributed by atoms with Gasteiger partial charge in [0.1, 0.15) is 0 Å². The van der Waals surface area contributed by atoms with Crippen LogP contribution in [0.1, 0.15) is 40.2 Å². The van der Waals surface area contributed by atoms with E-state index >= 15 is 0 Å². The van der Waals surface area contributed by atoms with Gasteiger partial charge in [0.25, 0.3) is 0 Å². The number of benzene rings is 1. The van der Waals surface area contributed by atoms with Crippen molar-refractivity contribution in [1.82, 2.24) is 0 Å². The number of hydrogen-bond donors (Lipinski definition) is 1. The average molecular weight is 237 g/mol. The van der Waals surface area contributed by atoms with Crippen molar-refractivity contribution in [3.8, 4) is 0 Å². The van der Waals surface area contributed by atoms with Crippen LogP contribution in [-0.2, 0) is 6.42 Å². The number of hydrogen-bond acceptors (Lipinski definition) is 2. The van der Waals surface area contributed by atoms with E-state index in [0.717, 1.165) is 12.1 Å². The number of nitrogens with two attached hydrogens (primary N) is 1. The fourth-order valence-corrected chi connectivity index (χ4v) is 2.70. The molecule has 0 heterocycles. The zero-order chi connectivity index (χ0) is 12.3. The molecular formula is C14H23NS. The van der Waals surface area contributed by atoms with Crippen molar-refractivity contribution in [3.63, 3.8) is 0 Å². The van der Waals surface area contributed by atoms with Gasteiger partial charge < -0.3 is 5.73 Å². The number of thioether (sulfide) groups is 1. The summed E-state index contributed by atoms with van der Waals surface area (Å²) < 4.78 is 0.252. The van der Waals surface area contributed by atoms with Crippen molar-refractivity contribution in [2.45, 2.75) is 50.7 Å². The minimum Gasteiger partial charge on any atom is -0.399 e. The molecule has 0 bridgehead atoms. The second kappa shape index (κ2) is 5.13. The van der Waals surface area contributed by atoms with Gasteiger partial charge >= 0.3 is 0 Å². The Morgan fingerprint density at radius 1 is 1.25 bits per heavy atom. The Morgan fingerprint density at radius 3 is 2.38 bits per heavy atom. The van der Waals surface area contributed by atoms with Crippen LogP contribution in [0.3, 0.4) is 0 Å². The number of anilines is 1. The fraction of sp³-hybridized carbons (Fsp3) is 0.571. The molecule has 0 unspecified atom stereocenters. The second-order valence-corrected chi connectivity index (χ2v) is 7.55. The van der Waals surface area contributed by atoms with Crippen molar-refractivity contribution in [1.29, 1.82) is 0 Å². The zero-order valence-electron chi connectivity index (χ0n) is 11.0. The maximum absolute atomic E-state index is 5.86. The third-order valence-electron chi connectivity index (χ3n) is 2.13. The van der Waals surface area contributed by atoms with E-state index in [0.29, 0.717) is 5.92 Å². The summed E-state index contributed by atoms with van der Waals surface area (Å²) in [5, 5.41) is 0. The van der Waals surface area contributed by atoms with Crippen molar-refractivity contribution in [3.05, 3.63) is 23.8 Å². The molecule has 2 N–H and O–H groups in total. The maximum atomic E-state index is 5.86. The van der Waals surface area contributed by atoms with E-state index in [1.165, 1.54) is 10.5 Å². The molecule has 0 saturated heterocycles. The smallest absolute Gasteiger partial charge is 0.0317 e. The normalized spacial score (nSPS) is 12.1. The molecule has 90 valence electrons. The lowest BCUT2D eigenvalue weighted by Crippen LogP contribution is -2.08. The maximum Gasteiger partial charge on any atom is 0.0317 e. The van der Waals surface area contributed by atoms with Gasteiger partial charge in [0, 0.05) is 15.3 Å². The molecule has 0 saturated carbocycles. The fourth-order valence-electron chi connectivity index (χ4n) is 1.63. The summed E-state index contributed by atoms with van der Waals surface area (Å²) in [6, 6.07) is 6.27. The van der Waals surface area contributed by atoms with Crippen molar-refractivity contribution >= 4 is 17.4 Å². The van der Waals surface area contributed by atoms with Crippen LogP contribution in [0.2, 0.25) is 0 Å². The van der Waals surface area contributed by atoms with Gasteiger partial charge in [-0.1, -0.05) is 34.6 Å². The van der Waals surface area contributed by atoms with E-state index in [1.54, 1.807) is 0 Å². The summed E-state index contributed by atoms with van der Waals surface area (Å²) in [4.78, 5) is 1.37. The lowest BCUT2D eigenvalue weighted by Gasteiger charge is -2.21. The first-order valence-corrected chi connectivity index (χ1v) is 6.67. The van der Waals surface area contributed by atoms with Gasteiger partial charge in [-0.3, -0.25) is 0 Å². The van der Waals surface area contributed by atoms with Gasteiger partial charge in [-0.2, -0.15) is 0 Å². The van der Waals surface area contributed by atoms with Crippen LogP contribution in [-0.4, -0.2) is 4.75 Å². The molecule has 0 spiro atoms.